The van der Waals surface area contributed by atoms with Gasteiger partial charge in [0.1, 0.15) is 5.75 Å². The Kier molecular flexibility index (Phi) is 5.88. The minimum atomic E-state index is -3.88. The molecule has 0 aliphatic carbocycles. The topological polar surface area (TPSA) is 125 Å². The first-order chi connectivity index (χ1) is 14.2. The number of methoxy groups -OCH3 is 1. The number of nitrogens with one attached hydrogen (secondary N) is 1. The summed E-state index contributed by atoms with van der Waals surface area (Å²) in [5.74, 6) is 0.504. The summed E-state index contributed by atoms with van der Waals surface area (Å²) in [7, 11) is -2.38. The van der Waals surface area contributed by atoms with E-state index < -0.39 is 14.9 Å². The first-order valence-electron chi connectivity index (χ1n) is 8.77. The van der Waals surface area contributed by atoms with E-state index in [-0.39, 0.29) is 22.0 Å². The van der Waals surface area contributed by atoms with Crippen LogP contribution in [0.5, 0.6) is 5.75 Å². The Morgan fingerprint density at radius 2 is 1.93 bits per heavy atom. The number of aromatic nitrogens is 1. The summed E-state index contributed by atoms with van der Waals surface area (Å²) in [6.07, 6.45) is 2.91. The highest BCUT2D eigenvalue weighted by Crippen LogP contribution is 2.26. The number of sulfonamides is 1. The standard InChI is InChI=1S/C20H19N3O6S/c1-13-7-8-15(9-10-18-20(23(24)25)14(2)21-29-18)11-19(13)30(26,27)22-16-5-4-6-17(12-16)28-3/h4-12,22H,1-3H3/b10-9+. The maximum Gasteiger partial charge on any atom is 0.338 e. The lowest BCUT2D eigenvalue weighted by molar-refractivity contribution is -0.386. The molecule has 1 N–H and O–H groups in total. The highest BCUT2D eigenvalue weighted by Gasteiger charge is 2.22. The van der Waals surface area contributed by atoms with Gasteiger partial charge in [-0.15, -0.1) is 0 Å². The van der Waals surface area contributed by atoms with Crippen LogP contribution < -0.4 is 9.46 Å². The lowest BCUT2D eigenvalue weighted by Gasteiger charge is -2.12. The van der Waals surface area contributed by atoms with E-state index in [4.69, 9.17) is 9.26 Å². The molecule has 3 aromatic rings. The smallest absolute Gasteiger partial charge is 0.338 e. The van der Waals surface area contributed by atoms with Gasteiger partial charge in [-0.1, -0.05) is 29.4 Å². The first-order valence-corrected chi connectivity index (χ1v) is 10.3. The minimum Gasteiger partial charge on any atom is -0.497 e. The summed E-state index contributed by atoms with van der Waals surface area (Å²) in [4.78, 5) is 10.6. The Morgan fingerprint density at radius 1 is 1.17 bits per heavy atom. The third kappa shape index (κ3) is 4.49. The molecule has 0 saturated heterocycles. The third-order valence-electron chi connectivity index (χ3n) is 4.29. The number of rotatable bonds is 7. The number of hydrogen-bond donors (Lipinski definition) is 1. The van der Waals surface area contributed by atoms with Gasteiger partial charge in [0.2, 0.25) is 5.76 Å². The molecule has 3 rings (SSSR count). The van der Waals surface area contributed by atoms with E-state index in [0.717, 1.165) is 0 Å². The maximum absolute atomic E-state index is 12.9. The van der Waals surface area contributed by atoms with Crippen molar-refractivity contribution in [1.82, 2.24) is 5.16 Å². The molecular formula is C20H19N3O6S. The molecule has 0 bridgehead atoms. The van der Waals surface area contributed by atoms with E-state index >= 15 is 0 Å². The van der Waals surface area contributed by atoms with E-state index in [9.17, 15) is 18.5 Å². The molecule has 0 atom stereocenters. The third-order valence-corrected chi connectivity index (χ3v) is 5.81. The largest absolute Gasteiger partial charge is 0.497 e. The van der Waals surface area contributed by atoms with Gasteiger partial charge < -0.3 is 9.26 Å². The van der Waals surface area contributed by atoms with E-state index in [2.05, 4.69) is 9.88 Å². The molecule has 0 spiro atoms. The van der Waals surface area contributed by atoms with E-state index in [1.165, 1.54) is 32.3 Å². The van der Waals surface area contributed by atoms with Crippen molar-refractivity contribution in [2.75, 3.05) is 11.8 Å². The van der Waals surface area contributed by atoms with Gasteiger partial charge in [-0.3, -0.25) is 14.8 Å². The molecule has 0 radical (unpaired) electrons. The molecular weight excluding hydrogens is 410 g/mol. The van der Waals surface area contributed by atoms with Crippen LogP contribution in [0.3, 0.4) is 0 Å². The number of ether oxygens (including phenoxy) is 1. The molecule has 0 amide bonds. The number of nitrogens with zero attached hydrogens (tertiary/aromatic N) is 2. The fraction of sp³-hybridized carbons (Fsp3) is 0.150. The average Bonchev–Trinajstić information content (AvgIpc) is 3.07. The highest BCUT2D eigenvalue weighted by atomic mass is 32.2. The predicted octanol–water partition coefficient (Wildman–Crippen LogP) is 4.18. The van der Waals surface area contributed by atoms with Gasteiger partial charge in [0.15, 0.2) is 5.69 Å². The second-order valence-electron chi connectivity index (χ2n) is 6.43. The van der Waals surface area contributed by atoms with Crippen molar-refractivity contribution in [3.63, 3.8) is 0 Å². The zero-order chi connectivity index (χ0) is 21.9. The quantitative estimate of drug-likeness (QED) is 0.441. The highest BCUT2D eigenvalue weighted by molar-refractivity contribution is 7.92. The maximum atomic E-state index is 12.9. The number of aryl methyl sites for hydroxylation is 2. The van der Waals surface area contributed by atoms with Crippen LogP contribution in [0.4, 0.5) is 11.4 Å². The van der Waals surface area contributed by atoms with Crippen LogP contribution in [0.15, 0.2) is 51.9 Å². The lowest BCUT2D eigenvalue weighted by atomic mass is 10.1. The molecule has 0 fully saturated rings. The van der Waals surface area contributed by atoms with Crippen molar-refractivity contribution in [2.45, 2.75) is 18.7 Å². The van der Waals surface area contributed by atoms with Crippen LogP contribution >= 0.6 is 0 Å². The van der Waals surface area contributed by atoms with Gasteiger partial charge in [-0.25, -0.2) is 8.42 Å². The van der Waals surface area contributed by atoms with Crippen LogP contribution in [0.25, 0.3) is 12.2 Å². The van der Waals surface area contributed by atoms with Crippen molar-refractivity contribution >= 4 is 33.6 Å². The van der Waals surface area contributed by atoms with Gasteiger partial charge in [0.25, 0.3) is 10.0 Å². The minimum absolute atomic E-state index is 0.0167. The molecule has 1 heterocycles. The fourth-order valence-electron chi connectivity index (χ4n) is 2.79. The van der Waals surface area contributed by atoms with Crippen molar-refractivity contribution in [3.05, 3.63) is 75.2 Å². The zero-order valence-corrected chi connectivity index (χ0v) is 17.3. The fourth-order valence-corrected chi connectivity index (χ4v) is 4.12. The molecule has 10 heteroatoms. The molecule has 0 unspecified atom stereocenters. The number of hydrogen-bond acceptors (Lipinski definition) is 7. The van der Waals surface area contributed by atoms with Crippen molar-refractivity contribution in [1.29, 1.82) is 0 Å². The number of nitro groups is 1. The van der Waals surface area contributed by atoms with Crippen molar-refractivity contribution in [2.24, 2.45) is 0 Å². The Hall–Kier alpha value is -3.66. The van der Waals surface area contributed by atoms with Crippen LogP contribution in [0.2, 0.25) is 0 Å². The second kappa shape index (κ2) is 8.37. The average molecular weight is 429 g/mol. The summed E-state index contributed by atoms with van der Waals surface area (Å²) in [5, 5.41) is 14.7. The second-order valence-corrected chi connectivity index (χ2v) is 8.08. The summed E-state index contributed by atoms with van der Waals surface area (Å²) in [6, 6.07) is 11.4. The van der Waals surface area contributed by atoms with Gasteiger partial charge >= 0.3 is 5.69 Å². The molecule has 0 saturated carbocycles. The normalized spacial score (nSPS) is 11.6. The molecule has 156 valence electrons. The lowest BCUT2D eigenvalue weighted by Crippen LogP contribution is -2.14. The summed E-state index contributed by atoms with van der Waals surface area (Å²) in [5.41, 5.74) is 1.36. The van der Waals surface area contributed by atoms with Gasteiger partial charge in [-0.2, -0.15) is 0 Å². The monoisotopic (exact) mass is 429 g/mol. The van der Waals surface area contributed by atoms with E-state index in [1.807, 2.05) is 0 Å². The molecule has 2 aromatic carbocycles. The molecule has 1 aromatic heterocycles. The van der Waals surface area contributed by atoms with Crippen LogP contribution in [0.1, 0.15) is 22.6 Å². The van der Waals surface area contributed by atoms with Crippen molar-refractivity contribution in [3.8, 4) is 5.75 Å². The van der Waals surface area contributed by atoms with Crippen LogP contribution in [-0.4, -0.2) is 25.6 Å². The van der Waals surface area contributed by atoms with Crippen LogP contribution in [-0.2, 0) is 10.0 Å². The Morgan fingerprint density at radius 3 is 2.63 bits per heavy atom. The Labute approximate surface area is 173 Å². The Bertz CT molecular complexity index is 1230. The Balaban J connectivity index is 1.92. The summed E-state index contributed by atoms with van der Waals surface area (Å²) < 4.78 is 38.4. The van der Waals surface area contributed by atoms with Gasteiger partial charge in [-0.05, 0) is 49.2 Å². The first kappa shape index (κ1) is 21.1. The summed E-state index contributed by atoms with van der Waals surface area (Å²) in [6.45, 7) is 3.15. The number of benzene rings is 2. The SMILES string of the molecule is COc1cccc(NS(=O)(=O)c2cc(/C=C/c3onc(C)c3[N+](=O)[O-])ccc2C)c1. The van der Waals surface area contributed by atoms with Crippen molar-refractivity contribution < 1.29 is 22.6 Å². The van der Waals surface area contributed by atoms with Crippen LogP contribution in [0, 0.1) is 24.0 Å². The predicted molar refractivity (Wildman–Crippen MR) is 112 cm³/mol. The number of anilines is 1. The molecule has 0 aliphatic heterocycles. The van der Waals surface area contributed by atoms with E-state index in [1.54, 1.807) is 43.3 Å². The molecule has 9 nitrogen and oxygen atoms in total. The summed E-state index contributed by atoms with van der Waals surface area (Å²) >= 11 is 0. The molecule has 0 aliphatic rings. The van der Waals surface area contributed by atoms with Gasteiger partial charge in [0, 0.05) is 6.07 Å². The van der Waals surface area contributed by atoms with E-state index in [0.29, 0.717) is 22.6 Å². The molecule has 30 heavy (non-hydrogen) atoms. The zero-order valence-electron chi connectivity index (χ0n) is 16.4. The van der Waals surface area contributed by atoms with Gasteiger partial charge in [0.05, 0.1) is 22.6 Å².